The third-order valence-corrected chi connectivity index (χ3v) is 13.5. The predicted octanol–water partition coefficient (Wildman–Crippen LogP) is 17.0. The van der Waals surface area contributed by atoms with E-state index in [1.54, 1.807) is 0 Å². The second-order valence-electron chi connectivity index (χ2n) is 17.7. The lowest BCUT2D eigenvalue weighted by molar-refractivity contribution is 0.669. The van der Waals surface area contributed by atoms with Gasteiger partial charge in [0.1, 0.15) is 22.3 Å². The summed E-state index contributed by atoms with van der Waals surface area (Å²) >= 11 is 0. The van der Waals surface area contributed by atoms with Crippen LogP contribution in [0.15, 0.2) is 239 Å². The molecule has 326 valence electrons. The minimum absolute atomic E-state index is 0.586. The Kier molecular flexibility index (Phi) is 9.10. The standard InChI is InChI=1S/C64H38N4O2/c1-3-16-40(17-4-1)57-58-50-25-7-10-29-53(50)65-60(52(58)38-56-59(57)51-26-9-12-31-55(51)69-56)41-34-32-39(33-35-41)43-20-13-22-45(36-43)63-66-62(42-18-5-2-6-19-42)67-64(68-63)46-23-14-21-44(37-46)47-27-15-28-49-48-24-8-11-30-54(48)70-61(47)49/h1-38H. The molecule has 0 bridgehead atoms. The molecule has 10 aromatic carbocycles. The van der Waals surface area contributed by atoms with Crippen LogP contribution < -0.4 is 0 Å². The lowest BCUT2D eigenvalue weighted by Crippen LogP contribution is -2.00. The Morgan fingerprint density at radius 1 is 0.271 bits per heavy atom. The monoisotopic (exact) mass is 894 g/mol. The maximum absolute atomic E-state index is 6.62. The summed E-state index contributed by atoms with van der Waals surface area (Å²) in [7, 11) is 0. The van der Waals surface area contributed by atoms with Crippen molar-refractivity contribution in [3.05, 3.63) is 231 Å². The molecule has 14 rings (SSSR count). The fraction of sp³-hybridized carbons (Fsp3) is 0. The Hall–Kier alpha value is -9.52. The van der Waals surface area contributed by atoms with E-state index in [0.29, 0.717) is 17.5 Å². The van der Waals surface area contributed by atoms with Gasteiger partial charge < -0.3 is 8.83 Å². The van der Waals surface area contributed by atoms with Gasteiger partial charge in [-0.05, 0) is 58.7 Å². The fourth-order valence-electron chi connectivity index (χ4n) is 10.2. The van der Waals surface area contributed by atoms with Crippen molar-refractivity contribution in [3.8, 4) is 78.8 Å². The molecule has 6 nitrogen and oxygen atoms in total. The fourth-order valence-corrected chi connectivity index (χ4v) is 10.2. The number of pyridine rings is 1. The first-order valence-electron chi connectivity index (χ1n) is 23.4. The molecule has 0 radical (unpaired) electrons. The van der Waals surface area contributed by atoms with Gasteiger partial charge in [-0.1, -0.05) is 194 Å². The summed E-state index contributed by atoms with van der Waals surface area (Å²) in [5.74, 6) is 1.78. The predicted molar refractivity (Wildman–Crippen MR) is 285 cm³/mol. The summed E-state index contributed by atoms with van der Waals surface area (Å²) in [5, 5.41) is 7.69. The summed E-state index contributed by atoms with van der Waals surface area (Å²) in [6.45, 7) is 0. The molecule has 0 atom stereocenters. The summed E-state index contributed by atoms with van der Waals surface area (Å²) in [6.07, 6.45) is 0. The van der Waals surface area contributed by atoms with Gasteiger partial charge in [0.15, 0.2) is 17.5 Å². The van der Waals surface area contributed by atoms with E-state index >= 15 is 0 Å². The minimum atomic E-state index is 0.586. The maximum atomic E-state index is 6.62. The second-order valence-corrected chi connectivity index (χ2v) is 17.7. The first-order valence-corrected chi connectivity index (χ1v) is 23.4. The number of furan rings is 2. The number of aromatic nitrogens is 4. The van der Waals surface area contributed by atoms with Gasteiger partial charge in [0.05, 0.1) is 11.2 Å². The number of nitrogens with zero attached hydrogens (tertiary/aromatic N) is 4. The molecule has 4 heterocycles. The van der Waals surface area contributed by atoms with Gasteiger partial charge >= 0.3 is 0 Å². The Morgan fingerprint density at radius 3 is 1.54 bits per heavy atom. The van der Waals surface area contributed by atoms with Crippen LogP contribution in [0.4, 0.5) is 0 Å². The molecule has 0 amide bonds. The van der Waals surface area contributed by atoms with Crippen LogP contribution in [0.25, 0.3) is 144 Å². The van der Waals surface area contributed by atoms with Gasteiger partial charge in [0, 0.05) is 71.1 Å². The Labute approximate surface area is 401 Å². The van der Waals surface area contributed by atoms with E-state index in [4.69, 9.17) is 28.8 Å². The normalized spacial score (nSPS) is 11.7. The van der Waals surface area contributed by atoms with Gasteiger partial charge in [-0.3, -0.25) is 0 Å². The highest BCUT2D eigenvalue weighted by molar-refractivity contribution is 6.27. The molecule has 0 aliphatic heterocycles. The average Bonchev–Trinajstić information content (AvgIpc) is 4.01. The highest BCUT2D eigenvalue weighted by Crippen LogP contribution is 2.46. The lowest BCUT2D eigenvalue weighted by Gasteiger charge is -2.16. The summed E-state index contributed by atoms with van der Waals surface area (Å²) in [6, 6.07) is 79.7. The minimum Gasteiger partial charge on any atom is -0.456 e. The Balaban J connectivity index is 0.872. The van der Waals surface area contributed by atoms with Crippen molar-refractivity contribution in [2.45, 2.75) is 0 Å². The van der Waals surface area contributed by atoms with E-state index in [-0.39, 0.29) is 0 Å². The van der Waals surface area contributed by atoms with Crippen LogP contribution in [0.5, 0.6) is 0 Å². The highest BCUT2D eigenvalue weighted by atomic mass is 16.3. The summed E-state index contributed by atoms with van der Waals surface area (Å²) in [5.41, 5.74) is 15.4. The second kappa shape index (κ2) is 16.1. The maximum Gasteiger partial charge on any atom is 0.164 e. The number of hydrogen-bond donors (Lipinski definition) is 0. The number of para-hydroxylation sites is 4. The first kappa shape index (κ1) is 39.6. The quantitative estimate of drug-likeness (QED) is 0.148. The molecule has 0 aliphatic carbocycles. The van der Waals surface area contributed by atoms with Crippen LogP contribution in [0.1, 0.15) is 0 Å². The molecule has 0 saturated heterocycles. The molecule has 0 spiro atoms. The molecule has 0 unspecified atom stereocenters. The van der Waals surface area contributed by atoms with Gasteiger partial charge in [-0.2, -0.15) is 0 Å². The van der Waals surface area contributed by atoms with Crippen LogP contribution in [0, 0.1) is 0 Å². The van der Waals surface area contributed by atoms with Crippen LogP contribution in [0.3, 0.4) is 0 Å². The molecule has 70 heavy (non-hydrogen) atoms. The van der Waals surface area contributed by atoms with Gasteiger partial charge in [-0.25, -0.2) is 19.9 Å². The number of rotatable bonds is 7. The largest absolute Gasteiger partial charge is 0.456 e. The van der Waals surface area contributed by atoms with Crippen molar-refractivity contribution >= 4 is 65.6 Å². The van der Waals surface area contributed by atoms with Crippen molar-refractivity contribution in [3.63, 3.8) is 0 Å². The van der Waals surface area contributed by atoms with E-state index in [2.05, 4.69) is 170 Å². The van der Waals surface area contributed by atoms with Gasteiger partial charge in [0.2, 0.25) is 0 Å². The third-order valence-electron chi connectivity index (χ3n) is 13.5. The molecule has 0 aliphatic rings. The van der Waals surface area contributed by atoms with E-state index in [0.717, 1.165) is 127 Å². The molecule has 4 aromatic heterocycles. The van der Waals surface area contributed by atoms with E-state index in [9.17, 15) is 0 Å². The zero-order valence-corrected chi connectivity index (χ0v) is 37.5. The lowest BCUT2D eigenvalue weighted by atomic mass is 9.89. The zero-order chi connectivity index (χ0) is 46.1. The van der Waals surface area contributed by atoms with Crippen LogP contribution in [-0.4, -0.2) is 19.9 Å². The summed E-state index contributed by atoms with van der Waals surface area (Å²) in [4.78, 5) is 20.7. The Morgan fingerprint density at radius 2 is 0.800 bits per heavy atom. The highest BCUT2D eigenvalue weighted by Gasteiger charge is 2.22. The number of hydrogen-bond acceptors (Lipinski definition) is 6. The van der Waals surface area contributed by atoms with Crippen molar-refractivity contribution < 1.29 is 8.83 Å². The van der Waals surface area contributed by atoms with Crippen LogP contribution >= 0.6 is 0 Å². The SMILES string of the molecule is c1ccc(-c2nc(-c3cccc(-c4ccc(-c5nc6ccccc6c6c(-c7ccccc7)c7c(cc56)oc5ccccc57)cc4)c3)nc(-c3cccc(-c4cccc5c4oc4ccccc45)c3)n2)cc1. The summed E-state index contributed by atoms with van der Waals surface area (Å²) < 4.78 is 13.1. The van der Waals surface area contributed by atoms with Crippen molar-refractivity contribution in [2.24, 2.45) is 0 Å². The molecule has 6 heteroatoms. The molecule has 0 fully saturated rings. The van der Waals surface area contributed by atoms with Crippen molar-refractivity contribution in [1.29, 1.82) is 0 Å². The zero-order valence-electron chi connectivity index (χ0n) is 37.5. The van der Waals surface area contributed by atoms with Crippen LogP contribution in [-0.2, 0) is 0 Å². The van der Waals surface area contributed by atoms with Crippen LogP contribution in [0.2, 0.25) is 0 Å². The molecule has 14 aromatic rings. The number of fused-ring (bicyclic) bond motifs is 9. The third kappa shape index (κ3) is 6.57. The molecule has 0 N–H and O–H groups in total. The van der Waals surface area contributed by atoms with Gasteiger partial charge in [0.25, 0.3) is 0 Å². The van der Waals surface area contributed by atoms with E-state index in [1.807, 2.05) is 60.7 Å². The van der Waals surface area contributed by atoms with Crippen molar-refractivity contribution in [2.75, 3.05) is 0 Å². The number of benzene rings is 10. The van der Waals surface area contributed by atoms with E-state index in [1.165, 1.54) is 0 Å². The van der Waals surface area contributed by atoms with Gasteiger partial charge in [-0.15, -0.1) is 0 Å². The van der Waals surface area contributed by atoms with E-state index < -0.39 is 0 Å². The average molecular weight is 895 g/mol. The Bertz CT molecular complexity index is 4350. The first-order chi connectivity index (χ1) is 34.7. The van der Waals surface area contributed by atoms with Crippen molar-refractivity contribution in [1.82, 2.24) is 19.9 Å². The topological polar surface area (TPSA) is 77.8 Å². The molecular weight excluding hydrogens is 857 g/mol. The molecule has 0 saturated carbocycles. The smallest absolute Gasteiger partial charge is 0.164 e. The molecular formula is C64H38N4O2.